The fourth-order valence-corrected chi connectivity index (χ4v) is 7.07. The zero-order chi connectivity index (χ0) is 34.7. The number of halogens is 2. The van der Waals surface area contributed by atoms with Gasteiger partial charge in [0.25, 0.3) is 0 Å². The Balaban J connectivity index is 0.000000293. The molecule has 0 saturated heterocycles. The first-order valence-electron chi connectivity index (χ1n) is 18.0. The van der Waals surface area contributed by atoms with Crippen LogP contribution >= 0.6 is 0 Å². The van der Waals surface area contributed by atoms with Crippen LogP contribution in [0.2, 0.25) is 0 Å². The molecular formula is C47H56Cl2Hf-2. The summed E-state index contributed by atoms with van der Waals surface area (Å²) in [5.41, 5.74) is 8.93. The van der Waals surface area contributed by atoms with E-state index in [9.17, 15) is 0 Å². The molecule has 0 aromatic heterocycles. The number of rotatable bonds is 8. The van der Waals surface area contributed by atoms with Crippen LogP contribution in [0.25, 0.3) is 21.5 Å². The molecule has 0 spiro atoms. The number of hydrogen-bond acceptors (Lipinski definition) is 0. The topological polar surface area (TPSA) is 0 Å². The van der Waals surface area contributed by atoms with Crippen molar-refractivity contribution in [3.8, 4) is 0 Å². The van der Waals surface area contributed by atoms with Gasteiger partial charge in [0.15, 0.2) is 0 Å². The van der Waals surface area contributed by atoms with Crippen molar-refractivity contribution in [3.05, 3.63) is 149 Å². The Labute approximate surface area is 331 Å². The van der Waals surface area contributed by atoms with E-state index < -0.39 is 0 Å². The zero-order valence-electron chi connectivity index (χ0n) is 31.6. The molecule has 50 heavy (non-hydrogen) atoms. The number of unbranched alkanes of at least 4 members (excludes halogenated alkanes) is 2. The van der Waals surface area contributed by atoms with E-state index in [1.54, 1.807) is 0 Å². The van der Waals surface area contributed by atoms with E-state index in [4.69, 9.17) is 0 Å². The molecule has 0 amide bonds. The van der Waals surface area contributed by atoms with Gasteiger partial charge in [0.1, 0.15) is 0 Å². The molecular weight excluding hydrogens is 814 g/mol. The van der Waals surface area contributed by atoms with E-state index in [0.717, 1.165) is 30.3 Å². The molecule has 5 aromatic rings. The molecule has 5 aromatic carbocycles. The van der Waals surface area contributed by atoms with Crippen LogP contribution in [0.5, 0.6) is 0 Å². The van der Waals surface area contributed by atoms with E-state index in [-0.39, 0.29) is 35.6 Å². The summed E-state index contributed by atoms with van der Waals surface area (Å²) in [5.74, 6) is 0. The molecule has 0 unspecified atom stereocenters. The van der Waals surface area contributed by atoms with Crippen LogP contribution in [-0.2, 0) is 47.6 Å². The molecule has 0 radical (unpaired) electrons. The van der Waals surface area contributed by atoms with E-state index in [1.165, 1.54) is 96.7 Å². The summed E-state index contributed by atoms with van der Waals surface area (Å²) in [6.45, 7) is 18.2. The first-order chi connectivity index (χ1) is 22.9. The molecule has 0 N–H and O–H groups in total. The number of allylic oxidation sites excluding steroid dienone is 4. The zero-order valence-corrected chi connectivity index (χ0v) is 36.7. The van der Waals surface area contributed by atoms with Crippen molar-refractivity contribution < 1.29 is 48.7 Å². The van der Waals surface area contributed by atoms with E-state index in [0.29, 0.717) is 0 Å². The van der Waals surface area contributed by atoms with E-state index >= 15 is 0 Å². The average molecular weight is 870 g/mol. The second-order valence-corrected chi connectivity index (χ2v) is 17.0. The smallest absolute Gasteiger partial charge is 0.109 e. The third-order valence-corrected chi connectivity index (χ3v) is 11.2. The molecule has 0 nitrogen and oxygen atoms in total. The van der Waals surface area contributed by atoms with Crippen LogP contribution in [0.4, 0.5) is 0 Å². The van der Waals surface area contributed by atoms with Gasteiger partial charge in [0, 0.05) is 0 Å². The van der Waals surface area contributed by atoms with Crippen LogP contribution in [-0.4, -0.2) is 3.26 Å². The minimum absolute atomic E-state index is 0. The average Bonchev–Trinajstić information content (AvgIpc) is 3.78. The van der Waals surface area contributed by atoms with Gasteiger partial charge in [-0.2, -0.15) is 6.08 Å². The maximum absolute atomic E-state index is 2.99. The van der Waals surface area contributed by atoms with Gasteiger partial charge in [0.2, 0.25) is 0 Å². The van der Waals surface area contributed by atoms with E-state index in [1.807, 2.05) is 12.2 Å². The second-order valence-electron chi connectivity index (χ2n) is 15.2. The van der Waals surface area contributed by atoms with Crippen molar-refractivity contribution in [3.63, 3.8) is 0 Å². The predicted molar refractivity (Wildman–Crippen MR) is 209 cm³/mol. The number of aryl methyl sites for hydroxylation is 2. The molecule has 1 aliphatic rings. The Bertz CT molecular complexity index is 1690. The Morgan fingerprint density at radius 2 is 1.06 bits per heavy atom. The van der Waals surface area contributed by atoms with Gasteiger partial charge in [0.05, 0.1) is 0 Å². The Morgan fingerprint density at radius 3 is 1.36 bits per heavy atom. The first-order valence-corrected chi connectivity index (χ1v) is 19.8. The molecule has 1 aliphatic carbocycles. The Hall–Kier alpha value is -2.45. The fraction of sp³-hybridized carbons (Fsp3) is 0.362. The van der Waals surface area contributed by atoms with Gasteiger partial charge in [-0.1, -0.05) is 76.9 Å². The number of hydrogen-bond donors (Lipinski definition) is 0. The third-order valence-electron chi connectivity index (χ3n) is 9.15. The molecule has 0 aliphatic heterocycles. The molecule has 6 rings (SSSR count). The Morgan fingerprint density at radius 1 is 0.640 bits per heavy atom. The van der Waals surface area contributed by atoms with Gasteiger partial charge in [-0.05, 0) is 10.8 Å². The summed E-state index contributed by atoms with van der Waals surface area (Å²) >= 11 is 1.08. The minimum Gasteiger partial charge on any atom is -1.00 e. The molecule has 0 atom stereocenters. The standard InChI is InChI=1S/C21H25.C21H26.C5H5.2ClH.Hf/c1-20(2,3)16-9-7-14-11-15-8-10-17(21(4,5)6)13-19(15)18(14)12-16;1-3-5-7-18-9-13-20(14-10-18)17-21-15-11-19(12-16-21)8-6-4-2;1-2-4-5-3-1;;;/h7-13H,1-6H3;9-16H,3-8H2,1-2H3;1-3H,4H2;2*1H;/q-1;;-1;;;+2/p-2. The van der Waals surface area contributed by atoms with Crippen molar-refractivity contribution in [1.29, 1.82) is 0 Å². The normalized spacial score (nSPS) is 12.0. The number of benzene rings is 4. The first kappa shape index (κ1) is 43.7. The summed E-state index contributed by atoms with van der Waals surface area (Å²) in [7, 11) is 0. The SMILES string of the molecule is CC(C)(C)c1ccc2[cH-]c3ccc(C(C)(C)C)cc3c2c1.CCCCc1ccc([C](=[Hf+2])c2ccc(CCCC)cc2)cc1.[C-]1=CC=CC1.[Cl-].[Cl-]. The molecule has 0 saturated carbocycles. The monoisotopic (exact) mass is 870 g/mol. The molecule has 0 fully saturated rings. The van der Waals surface area contributed by atoms with E-state index in [2.05, 4.69) is 159 Å². The predicted octanol–water partition coefficient (Wildman–Crippen LogP) is 7.11. The van der Waals surface area contributed by atoms with Crippen LogP contribution in [0, 0.1) is 6.08 Å². The maximum Gasteiger partial charge on any atom is -0.109 e. The van der Waals surface area contributed by atoms with Crippen molar-refractivity contribution >= 4 is 24.8 Å². The van der Waals surface area contributed by atoms with Gasteiger partial charge in [-0.25, -0.2) is 12.2 Å². The van der Waals surface area contributed by atoms with Crippen LogP contribution in [0.1, 0.15) is 121 Å². The largest absolute Gasteiger partial charge is 1.00 e. The van der Waals surface area contributed by atoms with Crippen molar-refractivity contribution in [2.75, 3.05) is 0 Å². The van der Waals surface area contributed by atoms with Gasteiger partial charge >= 0.3 is 150 Å². The number of fused-ring (bicyclic) bond motifs is 3. The van der Waals surface area contributed by atoms with Gasteiger partial charge in [-0.15, -0.1) is 46.2 Å². The minimum atomic E-state index is 0. The molecule has 0 bridgehead atoms. The second kappa shape index (κ2) is 20.6. The van der Waals surface area contributed by atoms with Crippen molar-refractivity contribution in [1.82, 2.24) is 0 Å². The fourth-order valence-electron chi connectivity index (χ4n) is 5.88. The molecule has 3 heteroatoms. The summed E-state index contributed by atoms with van der Waals surface area (Å²) in [6.07, 6.45) is 17.5. The van der Waals surface area contributed by atoms with Crippen molar-refractivity contribution in [2.24, 2.45) is 0 Å². The summed E-state index contributed by atoms with van der Waals surface area (Å²) in [6, 6.07) is 34.6. The van der Waals surface area contributed by atoms with Crippen LogP contribution < -0.4 is 24.8 Å². The summed E-state index contributed by atoms with van der Waals surface area (Å²) < 4.78 is 1.50. The summed E-state index contributed by atoms with van der Waals surface area (Å²) in [4.78, 5) is 0. The quantitative estimate of drug-likeness (QED) is 0.115. The van der Waals surface area contributed by atoms with Gasteiger partial charge in [-0.3, -0.25) is 6.08 Å². The Kier molecular flexibility index (Phi) is 18.0. The van der Waals surface area contributed by atoms with Crippen LogP contribution in [0.15, 0.2) is 109 Å². The van der Waals surface area contributed by atoms with Gasteiger partial charge < -0.3 is 24.8 Å². The third kappa shape index (κ3) is 12.6. The van der Waals surface area contributed by atoms with Crippen LogP contribution in [0.3, 0.4) is 0 Å². The maximum atomic E-state index is 2.99. The summed E-state index contributed by atoms with van der Waals surface area (Å²) in [5, 5.41) is 5.49. The van der Waals surface area contributed by atoms with Crippen molar-refractivity contribution in [2.45, 2.75) is 111 Å². The molecule has 264 valence electrons. The molecule has 0 heterocycles.